The van der Waals surface area contributed by atoms with Crippen LogP contribution in [-0.4, -0.2) is 42.0 Å². The van der Waals surface area contributed by atoms with Gasteiger partial charge in [-0.1, -0.05) is 0 Å². The number of thiophene rings is 1. The fraction of sp³-hybridized carbons (Fsp3) is 0.174. The van der Waals surface area contributed by atoms with Crippen molar-refractivity contribution >= 4 is 44.7 Å². The van der Waals surface area contributed by atoms with Crippen LogP contribution in [0, 0.1) is 17.1 Å². The lowest BCUT2D eigenvalue weighted by Crippen LogP contribution is -2.48. The van der Waals surface area contributed by atoms with Crippen molar-refractivity contribution in [3.63, 3.8) is 0 Å². The van der Waals surface area contributed by atoms with Crippen LogP contribution in [0.3, 0.4) is 0 Å². The van der Waals surface area contributed by atoms with Gasteiger partial charge in [0.05, 0.1) is 17.5 Å². The lowest BCUT2D eigenvalue weighted by atomic mass is 10.0. The Morgan fingerprint density at radius 1 is 1.15 bits per heavy atom. The molecule has 0 bridgehead atoms. The zero-order chi connectivity index (χ0) is 23.1. The predicted octanol–water partition coefficient (Wildman–Crippen LogP) is 3.69. The molecule has 8 nitrogen and oxygen atoms in total. The molecule has 4 aromatic rings. The van der Waals surface area contributed by atoms with Crippen molar-refractivity contribution in [2.75, 3.05) is 42.5 Å². The summed E-state index contributed by atoms with van der Waals surface area (Å²) < 4.78 is 18.7. The fourth-order valence-electron chi connectivity index (χ4n) is 4.07. The zero-order valence-corrected chi connectivity index (χ0v) is 18.2. The molecule has 33 heavy (non-hydrogen) atoms. The number of nitriles is 1. The molecule has 0 atom stereocenters. The van der Waals surface area contributed by atoms with Gasteiger partial charge in [-0.15, -0.1) is 11.3 Å². The van der Waals surface area contributed by atoms with Gasteiger partial charge in [-0.2, -0.15) is 5.26 Å². The number of hydrogen-bond acceptors (Lipinski definition) is 8. The van der Waals surface area contributed by atoms with Gasteiger partial charge in [0.2, 0.25) is 0 Å². The van der Waals surface area contributed by atoms with Crippen LogP contribution in [0.5, 0.6) is 0 Å². The van der Waals surface area contributed by atoms with Crippen molar-refractivity contribution in [3.05, 3.63) is 58.9 Å². The number of nitrogens with zero attached hydrogens (tertiary/aromatic N) is 4. The Labute approximate surface area is 192 Å². The summed E-state index contributed by atoms with van der Waals surface area (Å²) in [6.45, 7) is 2.22. The molecule has 0 aliphatic carbocycles. The molecule has 4 N–H and O–H groups in total. The Morgan fingerprint density at radius 3 is 2.52 bits per heavy atom. The molecular formula is C23H19FN6O2S. The number of aromatic nitrogens is 1. The highest BCUT2D eigenvalue weighted by atomic mass is 32.1. The van der Waals surface area contributed by atoms with E-state index in [0.717, 1.165) is 17.0 Å². The number of nitrogens with two attached hydrogens (primary N) is 2. The molecule has 1 saturated heterocycles. The summed E-state index contributed by atoms with van der Waals surface area (Å²) in [5.74, 6) is 0.0128. The molecule has 0 radical (unpaired) electrons. The van der Waals surface area contributed by atoms with Gasteiger partial charge in [0.1, 0.15) is 38.7 Å². The Kier molecular flexibility index (Phi) is 5.11. The van der Waals surface area contributed by atoms with Crippen LogP contribution >= 0.6 is 11.3 Å². The summed E-state index contributed by atoms with van der Waals surface area (Å²) in [5.41, 5.74) is 14.3. The first kappa shape index (κ1) is 20.8. The van der Waals surface area contributed by atoms with Gasteiger partial charge in [0, 0.05) is 37.3 Å². The van der Waals surface area contributed by atoms with Crippen molar-refractivity contribution < 1.29 is 13.6 Å². The average Bonchev–Trinajstić information content (AvgIpc) is 3.47. The number of rotatable bonds is 3. The second-order valence-corrected chi connectivity index (χ2v) is 8.62. The Balaban J connectivity index is 1.47. The highest BCUT2D eigenvalue weighted by Gasteiger charge is 2.29. The molecule has 1 aromatic carbocycles. The number of hydrogen-bond donors (Lipinski definition) is 2. The molecule has 10 heteroatoms. The lowest BCUT2D eigenvalue weighted by molar-refractivity contribution is 0.0752. The Hall–Kier alpha value is -4.10. The van der Waals surface area contributed by atoms with E-state index in [0.29, 0.717) is 52.6 Å². The number of furan rings is 1. The summed E-state index contributed by atoms with van der Waals surface area (Å²) in [6.07, 6.45) is 1.49. The molecule has 3 aromatic heterocycles. The van der Waals surface area contributed by atoms with Crippen LogP contribution in [0.2, 0.25) is 0 Å². The molecule has 1 aliphatic rings. The minimum atomic E-state index is -0.282. The smallest absolute Gasteiger partial charge is 0.266 e. The van der Waals surface area contributed by atoms with Gasteiger partial charge < -0.3 is 25.7 Å². The number of benzene rings is 1. The Morgan fingerprint density at radius 2 is 1.88 bits per heavy atom. The first-order valence-electron chi connectivity index (χ1n) is 10.2. The first-order chi connectivity index (χ1) is 16.0. The van der Waals surface area contributed by atoms with Crippen molar-refractivity contribution in [3.8, 4) is 17.4 Å². The monoisotopic (exact) mass is 462 g/mol. The number of amides is 1. The zero-order valence-electron chi connectivity index (χ0n) is 17.4. The van der Waals surface area contributed by atoms with Crippen LogP contribution in [0.1, 0.15) is 15.2 Å². The fourth-order valence-corrected chi connectivity index (χ4v) is 5.15. The van der Waals surface area contributed by atoms with E-state index in [2.05, 4.69) is 16.0 Å². The number of halogens is 1. The van der Waals surface area contributed by atoms with Crippen LogP contribution < -0.4 is 16.4 Å². The molecule has 0 spiro atoms. The summed E-state index contributed by atoms with van der Waals surface area (Å²) in [7, 11) is 0. The number of carbonyl (C=O) groups excluding carboxylic acids is 1. The van der Waals surface area contributed by atoms with Gasteiger partial charge in [-0.05, 0) is 36.4 Å². The van der Waals surface area contributed by atoms with E-state index in [1.807, 2.05) is 0 Å². The molecule has 166 valence electrons. The molecule has 1 amide bonds. The highest BCUT2D eigenvalue weighted by Crippen LogP contribution is 2.43. The van der Waals surface area contributed by atoms with Crippen LogP contribution in [0.15, 0.2) is 47.1 Å². The van der Waals surface area contributed by atoms with Crippen LogP contribution in [-0.2, 0) is 0 Å². The maximum absolute atomic E-state index is 13.4. The van der Waals surface area contributed by atoms with Gasteiger partial charge in [0.25, 0.3) is 5.91 Å². The maximum atomic E-state index is 13.4. The van der Waals surface area contributed by atoms with Crippen LogP contribution in [0.25, 0.3) is 21.5 Å². The number of carbonyl (C=O) groups is 1. The Bertz CT molecular complexity index is 1380. The van der Waals surface area contributed by atoms with Gasteiger partial charge in [-0.3, -0.25) is 4.79 Å². The third-order valence-electron chi connectivity index (χ3n) is 5.74. The van der Waals surface area contributed by atoms with E-state index in [1.165, 1.54) is 18.4 Å². The summed E-state index contributed by atoms with van der Waals surface area (Å²) in [4.78, 5) is 22.4. The highest BCUT2D eigenvalue weighted by molar-refractivity contribution is 7.21. The topological polar surface area (TPSA) is 125 Å². The standard InChI is InChI=1S/C23H19FN6O2S/c24-13-3-5-14(6-4-13)29-7-9-30(10-8-29)23(31)20-19(26)18-17(16-2-1-11-32-16)15(12-25)21(27)28-22(18)33-20/h1-6,11H,7-10,26H2,(H2,27,28). The van der Waals surface area contributed by atoms with Crippen LogP contribution in [0.4, 0.5) is 21.6 Å². The minimum absolute atomic E-state index is 0.0598. The predicted molar refractivity (Wildman–Crippen MR) is 125 cm³/mol. The van der Waals surface area contributed by atoms with E-state index in [-0.39, 0.29) is 28.8 Å². The molecule has 4 heterocycles. The average molecular weight is 463 g/mol. The largest absolute Gasteiger partial charge is 0.464 e. The van der Waals surface area contributed by atoms with E-state index in [4.69, 9.17) is 15.9 Å². The molecule has 0 saturated carbocycles. The van der Waals surface area contributed by atoms with Gasteiger partial charge in [0.15, 0.2) is 0 Å². The molecule has 0 unspecified atom stereocenters. The van der Waals surface area contributed by atoms with Crippen molar-refractivity contribution in [1.82, 2.24) is 9.88 Å². The minimum Gasteiger partial charge on any atom is -0.464 e. The van der Waals surface area contributed by atoms with Crippen molar-refractivity contribution in [1.29, 1.82) is 5.26 Å². The molecular weight excluding hydrogens is 443 g/mol. The molecule has 1 aliphatic heterocycles. The number of piperazine rings is 1. The third kappa shape index (κ3) is 3.52. The summed E-state index contributed by atoms with van der Waals surface area (Å²) >= 11 is 1.16. The summed E-state index contributed by atoms with van der Waals surface area (Å²) in [6, 6.07) is 11.8. The van der Waals surface area contributed by atoms with Gasteiger partial charge >= 0.3 is 0 Å². The number of nitrogen functional groups attached to an aromatic ring is 2. The quantitative estimate of drug-likeness (QED) is 0.475. The van der Waals surface area contributed by atoms with E-state index < -0.39 is 0 Å². The number of pyridine rings is 1. The maximum Gasteiger partial charge on any atom is 0.266 e. The van der Waals surface area contributed by atoms with Crippen molar-refractivity contribution in [2.45, 2.75) is 0 Å². The number of fused-ring (bicyclic) bond motifs is 1. The lowest BCUT2D eigenvalue weighted by Gasteiger charge is -2.36. The summed E-state index contributed by atoms with van der Waals surface area (Å²) in [5, 5.41) is 10.1. The molecule has 1 fully saturated rings. The second kappa shape index (κ2) is 8.11. The van der Waals surface area contributed by atoms with E-state index in [1.54, 1.807) is 29.2 Å². The molecule has 5 rings (SSSR count). The normalized spacial score (nSPS) is 13.9. The first-order valence-corrected chi connectivity index (χ1v) is 11.0. The van der Waals surface area contributed by atoms with E-state index >= 15 is 0 Å². The third-order valence-corrected chi connectivity index (χ3v) is 6.82. The van der Waals surface area contributed by atoms with Crippen molar-refractivity contribution in [2.24, 2.45) is 0 Å². The second-order valence-electron chi connectivity index (χ2n) is 7.62. The number of anilines is 3. The van der Waals surface area contributed by atoms with E-state index in [9.17, 15) is 14.4 Å². The SMILES string of the molecule is N#Cc1c(N)nc2sc(C(=O)N3CCN(c4ccc(F)cc4)CC3)c(N)c2c1-c1ccco1. The van der Waals surface area contributed by atoms with Gasteiger partial charge in [-0.25, -0.2) is 9.37 Å².